The Morgan fingerprint density at radius 1 is 1.32 bits per heavy atom. The summed E-state index contributed by atoms with van der Waals surface area (Å²) in [7, 11) is 3.64. The fourth-order valence-electron chi connectivity index (χ4n) is 3.17. The summed E-state index contributed by atoms with van der Waals surface area (Å²) in [6, 6.07) is -0.312. The molecule has 1 saturated heterocycles. The first-order valence-corrected chi connectivity index (χ1v) is 8.48. The van der Waals surface area contributed by atoms with Crippen LogP contribution in [0, 0.1) is 6.92 Å². The summed E-state index contributed by atoms with van der Waals surface area (Å²) < 4.78 is 6.97. The van der Waals surface area contributed by atoms with Crippen molar-refractivity contribution in [1.82, 2.24) is 35.0 Å². The lowest BCUT2D eigenvalue weighted by Gasteiger charge is -2.38. The first kappa shape index (κ1) is 17.6. The molecule has 1 aliphatic rings. The summed E-state index contributed by atoms with van der Waals surface area (Å²) in [5.41, 5.74) is 0.882. The van der Waals surface area contributed by atoms with E-state index < -0.39 is 0 Å². The van der Waals surface area contributed by atoms with Crippen molar-refractivity contribution in [2.45, 2.75) is 25.9 Å². The Hall–Kier alpha value is -2.26. The number of aromatic nitrogens is 4. The molecule has 0 saturated carbocycles. The molecule has 136 valence electrons. The molecule has 1 N–H and O–H groups in total. The molecule has 1 fully saturated rings. The zero-order chi connectivity index (χ0) is 18.0. The standard InChI is InChI=1S/C16H25N7O2/c1-11(15-19-12(2)20-25-15)22-5-7-23(8-6-22)16(24)14(17-3)13-9-18-21(4)10-13/h9-11,14,17H,5-8H2,1-4H3. The zero-order valence-corrected chi connectivity index (χ0v) is 15.1. The Bertz CT molecular complexity index is 718. The number of hydrogen-bond acceptors (Lipinski definition) is 7. The molecule has 25 heavy (non-hydrogen) atoms. The van der Waals surface area contributed by atoms with Crippen LogP contribution in [0.4, 0.5) is 0 Å². The molecule has 2 atom stereocenters. The number of nitrogens with one attached hydrogen (secondary N) is 1. The van der Waals surface area contributed by atoms with Gasteiger partial charge >= 0.3 is 0 Å². The van der Waals surface area contributed by atoms with E-state index in [1.807, 2.05) is 25.1 Å². The van der Waals surface area contributed by atoms with Crippen LogP contribution in [0.2, 0.25) is 0 Å². The van der Waals surface area contributed by atoms with Crippen molar-refractivity contribution in [3.05, 3.63) is 29.7 Å². The molecular formula is C16H25N7O2. The number of aryl methyl sites for hydroxylation is 2. The molecule has 1 aliphatic heterocycles. The van der Waals surface area contributed by atoms with Crippen molar-refractivity contribution < 1.29 is 9.32 Å². The van der Waals surface area contributed by atoms with Gasteiger partial charge in [0.1, 0.15) is 6.04 Å². The number of likely N-dealkylation sites (N-methyl/N-ethyl adjacent to an activating group) is 1. The van der Waals surface area contributed by atoms with Gasteiger partial charge in [-0.15, -0.1) is 0 Å². The molecule has 9 heteroatoms. The number of hydrogen-bond donors (Lipinski definition) is 1. The highest BCUT2D eigenvalue weighted by atomic mass is 16.5. The Labute approximate surface area is 147 Å². The van der Waals surface area contributed by atoms with Crippen molar-refractivity contribution in [2.24, 2.45) is 7.05 Å². The molecule has 0 bridgehead atoms. The van der Waals surface area contributed by atoms with Crippen molar-refractivity contribution in [2.75, 3.05) is 33.2 Å². The predicted octanol–water partition coefficient (Wildman–Crippen LogP) is 0.277. The summed E-state index contributed by atoms with van der Waals surface area (Å²) in [6.45, 7) is 6.77. The molecule has 2 aromatic heterocycles. The van der Waals surface area contributed by atoms with E-state index in [-0.39, 0.29) is 18.0 Å². The van der Waals surface area contributed by atoms with Crippen LogP contribution >= 0.6 is 0 Å². The second kappa shape index (κ2) is 7.32. The summed E-state index contributed by atoms with van der Waals surface area (Å²) in [4.78, 5) is 21.3. The van der Waals surface area contributed by atoms with E-state index >= 15 is 0 Å². The van der Waals surface area contributed by atoms with Crippen LogP contribution in [-0.2, 0) is 11.8 Å². The number of carbonyl (C=O) groups excluding carboxylic acids is 1. The zero-order valence-electron chi connectivity index (χ0n) is 15.1. The monoisotopic (exact) mass is 347 g/mol. The van der Waals surface area contributed by atoms with Crippen molar-refractivity contribution in [3.8, 4) is 0 Å². The summed E-state index contributed by atoms with van der Waals surface area (Å²) in [6.07, 6.45) is 3.60. The highest BCUT2D eigenvalue weighted by Gasteiger charge is 2.31. The Kier molecular flexibility index (Phi) is 5.14. The molecule has 2 aromatic rings. The van der Waals surface area contributed by atoms with Crippen LogP contribution in [0.25, 0.3) is 0 Å². The maximum absolute atomic E-state index is 12.9. The lowest BCUT2D eigenvalue weighted by atomic mass is 10.1. The SMILES string of the molecule is CNC(C(=O)N1CCN(C(C)c2nc(C)no2)CC1)c1cnn(C)c1. The van der Waals surface area contributed by atoms with Crippen molar-refractivity contribution >= 4 is 5.91 Å². The maximum Gasteiger partial charge on any atom is 0.244 e. The van der Waals surface area contributed by atoms with Gasteiger partial charge in [0.05, 0.1) is 12.2 Å². The molecule has 3 rings (SSSR count). The molecule has 1 amide bonds. The third-order valence-corrected chi connectivity index (χ3v) is 4.67. The summed E-state index contributed by atoms with van der Waals surface area (Å²) in [5.74, 6) is 1.35. The molecule has 0 radical (unpaired) electrons. The van der Waals surface area contributed by atoms with E-state index in [0.717, 1.165) is 18.7 Å². The van der Waals surface area contributed by atoms with E-state index in [4.69, 9.17) is 4.52 Å². The number of nitrogens with zero attached hydrogens (tertiary/aromatic N) is 6. The Morgan fingerprint density at radius 3 is 2.56 bits per heavy atom. The normalized spacial score (nSPS) is 18.3. The first-order valence-electron chi connectivity index (χ1n) is 8.48. The van der Waals surface area contributed by atoms with Crippen LogP contribution in [0.3, 0.4) is 0 Å². The third kappa shape index (κ3) is 3.72. The van der Waals surface area contributed by atoms with Crippen LogP contribution < -0.4 is 5.32 Å². The molecular weight excluding hydrogens is 322 g/mol. The number of carbonyl (C=O) groups is 1. The topological polar surface area (TPSA) is 92.3 Å². The summed E-state index contributed by atoms with van der Waals surface area (Å²) >= 11 is 0. The predicted molar refractivity (Wildman–Crippen MR) is 90.6 cm³/mol. The molecule has 0 aromatic carbocycles. The molecule has 2 unspecified atom stereocenters. The van der Waals surface area contributed by atoms with E-state index in [1.54, 1.807) is 17.9 Å². The van der Waals surface area contributed by atoms with E-state index in [9.17, 15) is 4.79 Å². The average Bonchev–Trinajstić information content (AvgIpc) is 3.23. The lowest BCUT2D eigenvalue weighted by Crippen LogP contribution is -2.51. The van der Waals surface area contributed by atoms with Crippen LogP contribution in [0.15, 0.2) is 16.9 Å². The van der Waals surface area contributed by atoms with Gasteiger partial charge in [-0.05, 0) is 20.9 Å². The number of piperazine rings is 1. The van der Waals surface area contributed by atoms with Gasteiger partial charge in [0.2, 0.25) is 11.8 Å². The van der Waals surface area contributed by atoms with E-state index in [2.05, 4.69) is 32.4 Å². The molecule has 9 nitrogen and oxygen atoms in total. The average molecular weight is 347 g/mol. The van der Waals surface area contributed by atoms with E-state index in [1.165, 1.54) is 0 Å². The minimum Gasteiger partial charge on any atom is -0.338 e. The van der Waals surface area contributed by atoms with Gasteiger partial charge in [-0.1, -0.05) is 5.16 Å². The second-order valence-corrected chi connectivity index (χ2v) is 6.39. The van der Waals surface area contributed by atoms with Gasteiger partial charge in [-0.2, -0.15) is 10.1 Å². The van der Waals surface area contributed by atoms with E-state index in [0.29, 0.717) is 24.8 Å². The Morgan fingerprint density at radius 2 is 2.04 bits per heavy atom. The number of amides is 1. The van der Waals surface area contributed by atoms with Crippen LogP contribution in [0.1, 0.15) is 36.3 Å². The highest BCUT2D eigenvalue weighted by Crippen LogP contribution is 2.22. The van der Waals surface area contributed by atoms with Crippen LogP contribution in [-0.4, -0.2) is 68.9 Å². The van der Waals surface area contributed by atoms with Gasteiger partial charge in [-0.25, -0.2) is 0 Å². The largest absolute Gasteiger partial charge is 0.338 e. The summed E-state index contributed by atoms with van der Waals surface area (Å²) in [5, 5.41) is 11.1. The van der Waals surface area contributed by atoms with Crippen molar-refractivity contribution in [1.29, 1.82) is 0 Å². The lowest BCUT2D eigenvalue weighted by molar-refractivity contribution is -0.135. The minimum atomic E-state index is -0.365. The Balaban J connectivity index is 1.60. The second-order valence-electron chi connectivity index (χ2n) is 6.39. The molecule has 0 aliphatic carbocycles. The first-order chi connectivity index (χ1) is 12.0. The van der Waals surface area contributed by atoms with Gasteiger partial charge in [0.15, 0.2) is 5.82 Å². The quantitative estimate of drug-likeness (QED) is 0.830. The fourth-order valence-corrected chi connectivity index (χ4v) is 3.17. The van der Waals surface area contributed by atoms with Gasteiger partial charge in [-0.3, -0.25) is 14.4 Å². The highest BCUT2D eigenvalue weighted by molar-refractivity contribution is 5.83. The minimum absolute atomic E-state index is 0.0527. The third-order valence-electron chi connectivity index (χ3n) is 4.67. The van der Waals surface area contributed by atoms with Gasteiger partial charge in [0.25, 0.3) is 0 Å². The fraction of sp³-hybridized carbons (Fsp3) is 0.625. The smallest absolute Gasteiger partial charge is 0.244 e. The van der Waals surface area contributed by atoms with Gasteiger partial charge < -0.3 is 14.7 Å². The number of rotatable bonds is 5. The van der Waals surface area contributed by atoms with Gasteiger partial charge in [0, 0.05) is 45.0 Å². The molecule has 3 heterocycles. The van der Waals surface area contributed by atoms with Crippen molar-refractivity contribution in [3.63, 3.8) is 0 Å². The van der Waals surface area contributed by atoms with Crippen LogP contribution in [0.5, 0.6) is 0 Å². The molecule has 0 spiro atoms. The maximum atomic E-state index is 12.9.